The van der Waals surface area contributed by atoms with Crippen molar-refractivity contribution in [3.63, 3.8) is 0 Å². The lowest BCUT2D eigenvalue weighted by molar-refractivity contribution is -0.0363. The van der Waals surface area contributed by atoms with Crippen LogP contribution in [0.25, 0.3) is 0 Å². The highest BCUT2D eigenvalue weighted by molar-refractivity contribution is 6.07. The monoisotopic (exact) mass is 444 g/mol. The fourth-order valence-corrected chi connectivity index (χ4v) is 4.60. The van der Waals surface area contributed by atoms with E-state index < -0.39 is 5.60 Å². The van der Waals surface area contributed by atoms with E-state index in [1.807, 2.05) is 25.1 Å². The topological polar surface area (TPSA) is 93.5 Å². The number of esters is 1. The average molecular weight is 444 g/mol. The third-order valence-corrected chi connectivity index (χ3v) is 6.44. The molecule has 2 aliphatic heterocycles. The quantitative estimate of drug-likeness (QED) is 0.488. The molecular weight excluding hydrogens is 420 g/mol. The van der Waals surface area contributed by atoms with Gasteiger partial charge in [0.25, 0.3) is 0 Å². The Bertz CT molecular complexity index is 1220. The Labute approximate surface area is 191 Å². The van der Waals surface area contributed by atoms with Crippen LogP contribution in [-0.2, 0) is 16.9 Å². The summed E-state index contributed by atoms with van der Waals surface area (Å²) in [6.07, 6.45) is 4.50. The van der Waals surface area contributed by atoms with Crippen molar-refractivity contribution in [2.45, 2.75) is 31.9 Å². The minimum Gasteiger partial charge on any atom is -0.450 e. The van der Waals surface area contributed by atoms with Crippen LogP contribution in [0, 0.1) is 0 Å². The van der Waals surface area contributed by atoms with Crippen LogP contribution in [0.5, 0.6) is 0 Å². The number of carbonyl (C=O) groups excluding carboxylic acids is 3. The molecule has 3 aromatic rings. The van der Waals surface area contributed by atoms with Gasteiger partial charge >= 0.3 is 12.0 Å². The highest BCUT2D eigenvalue weighted by Gasteiger charge is 2.47. The number of hydrogen-bond donors (Lipinski definition) is 1. The van der Waals surface area contributed by atoms with E-state index in [0.29, 0.717) is 55.1 Å². The predicted molar refractivity (Wildman–Crippen MR) is 121 cm³/mol. The van der Waals surface area contributed by atoms with Gasteiger partial charge in [-0.2, -0.15) is 0 Å². The highest BCUT2D eigenvalue weighted by atomic mass is 16.6. The summed E-state index contributed by atoms with van der Waals surface area (Å²) >= 11 is 0. The Morgan fingerprint density at radius 2 is 1.82 bits per heavy atom. The van der Waals surface area contributed by atoms with Gasteiger partial charge < -0.3 is 19.5 Å². The Morgan fingerprint density at radius 3 is 2.55 bits per heavy atom. The molecule has 1 aromatic heterocycles. The first kappa shape index (κ1) is 20.9. The Kier molecular flexibility index (Phi) is 5.20. The van der Waals surface area contributed by atoms with E-state index >= 15 is 0 Å². The maximum absolute atomic E-state index is 12.8. The molecule has 8 heteroatoms. The number of imidazole rings is 1. The smallest absolute Gasteiger partial charge is 0.339 e. The lowest BCUT2D eigenvalue weighted by atomic mass is 9.84. The number of urea groups is 1. The largest absolute Gasteiger partial charge is 0.450 e. The number of ether oxygens (including phenoxy) is 1. The molecule has 8 nitrogen and oxygen atoms in total. The Hall–Kier alpha value is -3.94. The lowest BCUT2D eigenvalue weighted by Gasteiger charge is -2.38. The maximum atomic E-state index is 12.8. The molecule has 0 radical (unpaired) electrons. The van der Waals surface area contributed by atoms with Crippen LogP contribution in [0.2, 0.25) is 0 Å². The molecule has 2 aromatic carbocycles. The van der Waals surface area contributed by atoms with E-state index in [1.54, 1.807) is 52.2 Å². The lowest BCUT2D eigenvalue weighted by Crippen LogP contribution is -2.46. The van der Waals surface area contributed by atoms with Crippen molar-refractivity contribution in [1.82, 2.24) is 14.5 Å². The number of aryl methyl sites for hydroxylation is 1. The molecule has 0 aliphatic carbocycles. The number of carbonyl (C=O) groups is 3. The summed E-state index contributed by atoms with van der Waals surface area (Å²) in [6.45, 7) is 3.57. The minimum atomic E-state index is -0.642. The van der Waals surface area contributed by atoms with Crippen LogP contribution in [-0.4, -0.2) is 45.3 Å². The zero-order valence-electron chi connectivity index (χ0n) is 18.3. The summed E-state index contributed by atoms with van der Waals surface area (Å²) in [5, 5.41) is 2.89. The second-order valence-electron chi connectivity index (χ2n) is 8.29. The molecule has 0 atom stereocenters. The zero-order chi connectivity index (χ0) is 23.0. The number of hydrogen-bond acceptors (Lipinski definition) is 5. The molecule has 5 rings (SSSR count). The number of piperidine rings is 1. The number of fused-ring (bicyclic) bond motifs is 2. The second kappa shape index (κ2) is 8.20. The van der Waals surface area contributed by atoms with E-state index in [2.05, 4.69) is 10.3 Å². The highest BCUT2D eigenvalue weighted by Crippen LogP contribution is 2.43. The van der Waals surface area contributed by atoms with Crippen molar-refractivity contribution >= 4 is 23.5 Å². The number of anilines is 1. The van der Waals surface area contributed by atoms with Crippen molar-refractivity contribution in [2.24, 2.45) is 0 Å². The molecule has 0 saturated carbocycles. The number of amides is 2. The van der Waals surface area contributed by atoms with Crippen LogP contribution in [0.4, 0.5) is 10.5 Å². The molecule has 1 N–H and O–H groups in total. The summed E-state index contributed by atoms with van der Waals surface area (Å²) in [6, 6.07) is 14.0. The van der Waals surface area contributed by atoms with Crippen LogP contribution in [0.15, 0.2) is 60.9 Å². The second-order valence-corrected chi connectivity index (χ2v) is 8.29. The summed E-state index contributed by atoms with van der Waals surface area (Å²) in [5.41, 5.74) is 2.01. The van der Waals surface area contributed by atoms with E-state index in [-0.39, 0.29) is 17.8 Å². The number of rotatable bonds is 4. The van der Waals surface area contributed by atoms with Gasteiger partial charge in [-0.15, -0.1) is 0 Å². The van der Waals surface area contributed by atoms with Crippen LogP contribution in [0.3, 0.4) is 0 Å². The third-order valence-electron chi connectivity index (χ3n) is 6.44. The van der Waals surface area contributed by atoms with Gasteiger partial charge in [0.05, 0.1) is 5.56 Å². The van der Waals surface area contributed by atoms with Gasteiger partial charge in [0.1, 0.15) is 5.60 Å². The zero-order valence-corrected chi connectivity index (χ0v) is 18.3. The predicted octanol–water partition coefficient (Wildman–Crippen LogP) is 3.83. The molecule has 0 bridgehead atoms. The average Bonchev–Trinajstić information content (AvgIpc) is 3.43. The standard InChI is InChI=1S/C25H24N4O4/c1-2-28-16-13-26-22(28)21(30)17-7-9-18(10-8-17)27-24(32)29-14-11-25(12-15-29)20-6-4-3-5-19(20)23(31)33-25/h3-10,13,16H,2,11-12,14-15H2,1H3,(H,27,32). The number of benzene rings is 2. The van der Waals surface area contributed by atoms with Crippen LogP contribution in [0.1, 0.15) is 51.9 Å². The van der Waals surface area contributed by atoms with Crippen molar-refractivity contribution in [3.05, 3.63) is 83.4 Å². The third kappa shape index (κ3) is 3.67. The summed E-state index contributed by atoms with van der Waals surface area (Å²) < 4.78 is 7.55. The number of nitrogens with one attached hydrogen (secondary N) is 1. The molecule has 33 heavy (non-hydrogen) atoms. The number of likely N-dealkylation sites (tertiary alicyclic amines) is 1. The van der Waals surface area contributed by atoms with Crippen LogP contribution >= 0.6 is 0 Å². The first-order valence-corrected chi connectivity index (χ1v) is 11.1. The van der Waals surface area contributed by atoms with Crippen molar-refractivity contribution in [1.29, 1.82) is 0 Å². The summed E-state index contributed by atoms with van der Waals surface area (Å²) in [4.78, 5) is 43.6. The van der Waals surface area contributed by atoms with Gasteiger partial charge in [-0.05, 0) is 37.3 Å². The minimum absolute atomic E-state index is 0.160. The summed E-state index contributed by atoms with van der Waals surface area (Å²) in [5.74, 6) is -0.0577. The van der Waals surface area contributed by atoms with Gasteiger partial charge in [-0.25, -0.2) is 14.6 Å². The number of aromatic nitrogens is 2. The molecule has 1 saturated heterocycles. The molecule has 1 spiro atoms. The van der Waals surface area contributed by atoms with E-state index in [9.17, 15) is 14.4 Å². The van der Waals surface area contributed by atoms with Crippen molar-refractivity contribution in [2.75, 3.05) is 18.4 Å². The Balaban J connectivity index is 1.22. The Morgan fingerprint density at radius 1 is 1.09 bits per heavy atom. The van der Waals surface area contributed by atoms with Gasteiger partial charge in [-0.1, -0.05) is 18.2 Å². The van der Waals surface area contributed by atoms with E-state index in [0.717, 1.165) is 5.56 Å². The van der Waals surface area contributed by atoms with Crippen LogP contribution < -0.4 is 5.32 Å². The number of ketones is 1. The van der Waals surface area contributed by atoms with Crippen molar-refractivity contribution < 1.29 is 19.1 Å². The first-order chi connectivity index (χ1) is 16.0. The normalized spacial score (nSPS) is 16.4. The van der Waals surface area contributed by atoms with Gasteiger partial charge in [0.15, 0.2) is 5.82 Å². The summed E-state index contributed by atoms with van der Waals surface area (Å²) in [7, 11) is 0. The fraction of sp³-hybridized carbons (Fsp3) is 0.280. The maximum Gasteiger partial charge on any atom is 0.339 e. The van der Waals surface area contributed by atoms with E-state index in [1.165, 1.54) is 0 Å². The fourth-order valence-electron chi connectivity index (χ4n) is 4.60. The van der Waals surface area contributed by atoms with Gasteiger partial charge in [0.2, 0.25) is 5.78 Å². The molecule has 2 aliphatic rings. The molecule has 0 unspecified atom stereocenters. The van der Waals surface area contributed by atoms with E-state index in [4.69, 9.17) is 4.74 Å². The SMILES string of the molecule is CCn1ccnc1C(=O)c1ccc(NC(=O)N2CCC3(CC2)OC(=O)c2ccccc23)cc1. The number of nitrogens with zero attached hydrogens (tertiary/aromatic N) is 3. The molecule has 168 valence electrons. The van der Waals surface area contributed by atoms with Crippen molar-refractivity contribution in [3.8, 4) is 0 Å². The molecule has 2 amide bonds. The molecule has 3 heterocycles. The first-order valence-electron chi connectivity index (χ1n) is 11.1. The van der Waals surface area contributed by atoms with Gasteiger partial charge in [-0.3, -0.25) is 4.79 Å². The van der Waals surface area contributed by atoms with Gasteiger partial charge in [0, 0.05) is 61.7 Å². The molecule has 1 fully saturated rings. The molecular formula is C25H24N4O4.